The third-order valence-corrected chi connectivity index (χ3v) is 5.71. The summed E-state index contributed by atoms with van der Waals surface area (Å²) in [6.45, 7) is 6.49. The minimum atomic E-state index is -3.60. The smallest absolute Gasteiger partial charge is 0.251 e. The van der Waals surface area contributed by atoms with Crippen LogP contribution in [0.2, 0.25) is 0 Å². The van der Waals surface area contributed by atoms with E-state index in [1.807, 2.05) is 20.8 Å². The van der Waals surface area contributed by atoms with E-state index in [0.717, 1.165) is 18.4 Å². The van der Waals surface area contributed by atoms with Gasteiger partial charge in [0.1, 0.15) is 0 Å². The molecule has 2 atom stereocenters. The topological polar surface area (TPSA) is 75.3 Å². The standard InChI is InChI=1S/C15H22N2O3S/c1-4-10(2)11(3)17-21(19,20)13-6-5-12-7-8-16-15(18)14(12)9-13/h5-6,9-11,17H,4,7-8H2,1-3H3,(H,16,18). The minimum absolute atomic E-state index is 0.147. The van der Waals surface area contributed by atoms with Gasteiger partial charge in [-0.05, 0) is 37.0 Å². The highest BCUT2D eigenvalue weighted by molar-refractivity contribution is 7.89. The van der Waals surface area contributed by atoms with E-state index in [-0.39, 0.29) is 22.8 Å². The predicted octanol–water partition coefficient (Wildman–Crippen LogP) is 1.69. The van der Waals surface area contributed by atoms with Gasteiger partial charge < -0.3 is 5.32 Å². The molecule has 1 amide bonds. The van der Waals surface area contributed by atoms with Crippen molar-refractivity contribution in [1.29, 1.82) is 0 Å². The average Bonchev–Trinajstić information content (AvgIpc) is 2.46. The zero-order valence-electron chi connectivity index (χ0n) is 12.6. The van der Waals surface area contributed by atoms with Crippen molar-refractivity contribution in [2.45, 2.75) is 44.6 Å². The summed E-state index contributed by atoms with van der Waals surface area (Å²) in [5.41, 5.74) is 1.35. The molecule has 2 unspecified atom stereocenters. The van der Waals surface area contributed by atoms with Crippen molar-refractivity contribution >= 4 is 15.9 Å². The van der Waals surface area contributed by atoms with Gasteiger partial charge in [0.05, 0.1) is 4.90 Å². The molecule has 2 N–H and O–H groups in total. The second kappa shape index (κ2) is 6.15. The molecule has 6 heteroatoms. The van der Waals surface area contributed by atoms with Crippen molar-refractivity contribution in [2.24, 2.45) is 5.92 Å². The van der Waals surface area contributed by atoms with Gasteiger partial charge in [-0.15, -0.1) is 0 Å². The van der Waals surface area contributed by atoms with Crippen LogP contribution in [0.5, 0.6) is 0 Å². The first kappa shape index (κ1) is 16.0. The van der Waals surface area contributed by atoms with Crippen LogP contribution < -0.4 is 10.0 Å². The molecule has 0 radical (unpaired) electrons. The number of benzene rings is 1. The molecule has 0 fully saturated rings. The summed E-state index contributed by atoms with van der Waals surface area (Å²) in [5, 5.41) is 2.73. The highest BCUT2D eigenvalue weighted by Crippen LogP contribution is 2.20. The lowest BCUT2D eigenvalue weighted by molar-refractivity contribution is 0.0945. The third kappa shape index (κ3) is 3.44. The summed E-state index contributed by atoms with van der Waals surface area (Å²) in [7, 11) is -3.60. The molecule has 0 saturated carbocycles. The van der Waals surface area contributed by atoms with Crippen LogP contribution in [-0.2, 0) is 16.4 Å². The van der Waals surface area contributed by atoms with E-state index < -0.39 is 10.0 Å². The third-order valence-electron chi connectivity index (χ3n) is 4.15. The fourth-order valence-electron chi connectivity index (χ4n) is 2.34. The number of sulfonamides is 1. The first-order chi connectivity index (χ1) is 9.85. The van der Waals surface area contributed by atoms with Crippen molar-refractivity contribution in [3.8, 4) is 0 Å². The molecule has 0 bridgehead atoms. The van der Waals surface area contributed by atoms with Gasteiger partial charge in [-0.25, -0.2) is 13.1 Å². The van der Waals surface area contributed by atoms with E-state index in [4.69, 9.17) is 0 Å². The quantitative estimate of drug-likeness (QED) is 0.869. The zero-order chi connectivity index (χ0) is 15.6. The molecule has 1 heterocycles. The minimum Gasteiger partial charge on any atom is -0.352 e. The molecule has 1 aliphatic heterocycles. The second-order valence-corrected chi connectivity index (χ2v) is 7.33. The lowest BCUT2D eigenvalue weighted by atomic mass is 10.0. The van der Waals surface area contributed by atoms with Gasteiger partial charge in [-0.1, -0.05) is 26.3 Å². The normalized spacial score (nSPS) is 17.8. The largest absolute Gasteiger partial charge is 0.352 e. The molecule has 0 spiro atoms. The molecule has 1 aromatic rings. The fraction of sp³-hybridized carbons (Fsp3) is 0.533. The summed E-state index contributed by atoms with van der Waals surface area (Å²) >= 11 is 0. The van der Waals surface area contributed by atoms with Crippen LogP contribution in [0.25, 0.3) is 0 Å². The molecule has 1 aromatic carbocycles. The second-order valence-electron chi connectivity index (χ2n) is 5.62. The van der Waals surface area contributed by atoms with Crippen molar-refractivity contribution in [2.75, 3.05) is 6.54 Å². The number of rotatable bonds is 5. The van der Waals surface area contributed by atoms with Crippen LogP contribution >= 0.6 is 0 Å². The first-order valence-electron chi connectivity index (χ1n) is 7.28. The van der Waals surface area contributed by atoms with E-state index in [1.54, 1.807) is 12.1 Å². The molecular formula is C15H22N2O3S. The average molecular weight is 310 g/mol. The van der Waals surface area contributed by atoms with Gasteiger partial charge in [0.2, 0.25) is 10.0 Å². The number of hydrogen-bond acceptors (Lipinski definition) is 3. The Kier molecular flexibility index (Phi) is 4.68. The number of nitrogens with one attached hydrogen (secondary N) is 2. The van der Waals surface area contributed by atoms with Crippen molar-refractivity contribution < 1.29 is 13.2 Å². The maximum Gasteiger partial charge on any atom is 0.251 e. The summed E-state index contributed by atoms with van der Waals surface area (Å²) in [6, 6.07) is 4.62. The number of carbonyl (C=O) groups excluding carboxylic acids is 1. The molecule has 116 valence electrons. The van der Waals surface area contributed by atoms with Gasteiger partial charge >= 0.3 is 0 Å². The summed E-state index contributed by atoms with van der Waals surface area (Å²) in [6.07, 6.45) is 1.63. The molecule has 1 aliphatic rings. The molecule has 0 aromatic heterocycles. The lowest BCUT2D eigenvalue weighted by Gasteiger charge is -2.21. The summed E-state index contributed by atoms with van der Waals surface area (Å²) in [5.74, 6) is 0.0453. The first-order valence-corrected chi connectivity index (χ1v) is 8.77. The highest BCUT2D eigenvalue weighted by Gasteiger charge is 2.24. The molecule has 2 rings (SSSR count). The number of amides is 1. The van der Waals surface area contributed by atoms with Gasteiger partial charge in [0.25, 0.3) is 5.91 Å². The Labute approximate surface area is 126 Å². The summed E-state index contributed by atoms with van der Waals surface area (Å²) in [4.78, 5) is 12.0. The Morgan fingerprint density at radius 1 is 1.33 bits per heavy atom. The lowest BCUT2D eigenvalue weighted by Crippen LogP contribution is -2.37. The zero-order valence-corrected chi connectivity index (χ0v) is 13.5. The van der Waals surface area contributed by atoms with Gasteiger partial charge in [-0.3, -0.25) is 4.79 Å². The van der Waals surface area contributed by atoms with E-state index in [0.29, 0.717) is 12.1 Å². The maximum atomic E-state index is 12.4. The van der Waals surface area contributed by atoms with Crippen LogP contribution in [0.4, 0.5) is 0 Å². The predicted molar refractivity (Wildman–Crippen MR) is 81.7 cm³/mol. The van der Waals surface area contributed by atoms with E-state index in [9.17, 15) is 13.2 Å². The SMILES string of the molecule is CCC(C)C(C)NS(=O)(=O)c1ccc2c(c1)C(=O)NCC2. The van der Waals surface area contributed by atoms with Gasteiger partial charge in [0, 0.05) is 18.2 Å². The van der Waals surface area contributed by atoms with Crippen LogP contribution in [0, 0.1) is 5.92 Å². The van der Waals surface area contributed by atoms with E-state index in [1.165, 1.54) is 6.07 Å². The maximum absolute atomic E-state index is 12.4. The summed E-state index contributed by atoms with van der Waals surface area (Å²) < 4.78 is 27.5. The number of carbonyl (C=O) groups is 1. The highest BCUT2D eigenvalue weighted by atomic mass is 32.2. The van der Waals surface area contributed by atoms with E-state index >= 15 is 0 Å². The number of fused-ring (bicyclic) bond motifs is 1. The Bertz CT molecular complexity index is 640. The molecular weight excluding hydrogens is 288 g/mol. The Morgan fingerprint density at radius 3 is 2.71 bits per heavy atom. The van der Waals surface area contributed by atoms with Crippen LogP contribution in [0.15, 0.2) is 23.1 Å². The van der Waals surface area contributed by atoms with Crippen molar-refractivity contribution in [1.82, 2.24) is 10.0 Å². The van der Waals surface area contributed by atoms with Crippen LogP contribution in [-0.4, -0.2) is 26.9 Å². The van der Waals surface area contributed by atoms with Crippen LogP contribution in [0.3, 0.4) is 0 Å². The Balaban J connectivity index is 2.29. The molecule has 0 aliphatic carbocycles. The van der Waals surface area contributed by atoms with Gasteiger partial charge in [-0.2, -0.15) is 0 Å². The molecule has 5 nitrogen and oxygen atoms in total. The van der Waals surface area contributed by atoms with Gasteiger partial charge in [0.15, 0.2) is 0 Å². The van der Waals surface area contributed by atoms with Crippen molar-refractivity contribution in [3.63, 3.8) is 0 Å². The Morgan fingerprint density at radius 2 is 2.05 bits per heavy atom. The molecule has 0 saturated heterocycles. The van der Waals surface area contributed by atoms with Crippen molar-refractivity contribution in [3.05, 3.63) is 29.3 Å². The number of hydrogen-bond donors (Lipinski definition) is 2. The molecule has 21 heavy (non-hydrogen) atoms. The van der Waals surface area contributed by atoms with E-state index in [2.05, 4.69) is 10.0 Å². The Hall–Kier alpha value is -1.40. The van der Waals surface area contributed by atoms with Crippen LogP contribution in [0.1, 0.15) is 43.1 Å². The monoisotopic (exact) mass is 310 g/mol. The fourth-order valence-corrected chi connectivity index (χ4v) is 3.72.